The molecule has 0 saturated carbocycles. The van der Waals surface area contributed by atoms with E-state index in [1.54, 1.807) is 0 Å². The molecule has 1 amide bonds. The lowest BCUT2D eigenvalue weighted by atomic mass is 10.2. The van der Waals surface area contributed by atoms with Gasteiger partial charge in [0, 0.05) is 12.7 Å². The van der Waals surface area contributed by atoms with E-state index in [1.165, 1.54) is 17.2 Å². The van der Waals surface area contributed by atoms with Crippen LogP contribution in [0.1, 0.15) is 10.5 Å². The minimum absolute atomic E-state index is 0.0464. The summed E-state index contributed by atoms with van der Waals surface area (Å²) in [6.07, 6.45) is 0.544. The fourth-order valence-corrected chi connectivity index (χ4v) is 1.81. The first-order valence-corrected chi connectivity index (χ1v) is 5.43. The fraction of sp³-hybridized carbons (Fsp3) is 0.400. The lowest BCUT2D eigenvalue weighted by Gasteiger charge is -2.30. The van der Waals surface area contributed by atoms with Gasteiger partial charge in [0.1, 0.15) is 5.69 Å². The second kappa shape index (κ2) is 4.77. The number of nitrogens with zero attached hydrogens (tertiary/aromatic N) is 1. The van der Waals surface area contributed by atoms with Crippen molar-refractivity contribution < 1.29 is 19.4 Å². The summed E-state index contributed by atoms with van der Waals surface area (Å²) in [4.78, 5) is 26.9. The van der Waals surface area contributed by atoms with Crippen molar-refractivity contribution in [2.75, 3.05) is 19.7 Å². The van der Waals surface area contributed by atoms with Crippen molar-refractivity contribution in [3.05, 3.63) is 23.0 Å². The van der Waals surface area contributed by atoms with E-state index in [0.717, 1.165) is 0 Å². The van der Waals surface area contributed by atoms with Gasteiger partial charge in [0.05, 0.1) is 18.2 Å². The third-order valence-corrected chi connectivity index (χ3v) is 2.73. The number of H-pyrrole nitrogens is 1. The molecule has 1 aromatic rings. The first-order chi connectivity index (χ1) is 8.08. The van der Waals surface area contributed by atoms with E-state index in [-0.39, 0.29) is 19.1 Å². The number of aromatic nitrogens is 1. The summed E-state index contributed by atoms with van der Waals surface area (Å²) < 4.78 is 5.03. The molecule has 1 unspecified atom stereocenters. The van der Waals surface area contributed by atoms with Crippen molar-refractivity contribution in [1.29, 1.82) is 0 Å². The quantitative estimate of drug-likeness (QED) is 0.814. The molecule has 1 aliphatic rings. The monoisotopic (exact) mass is 258 g/mol. The smallest absolute Gasteiger partial charge is 0.334 e. The van der Waals surface area contributed by atoms with Gasteiger partial charge in [-0.2, -0.15) is 0 Å². The Labute approximate surface area is 102 Å². The zero-order valence-electron chi connectivity index (χ0n) is 8.85. The number of amides is 1. The molecule has 2 heterocycles. The Morgan fingerprint density at radius 1 is 1.59 bits per heavy atom. The lowest BCUT2D eigenvalue weighted by molar-refractivity contribution is -0.154. The Morgan fingerprint density at radius 3 is 2.94 bits per heavy atom. The Hall–Kier alpha value is -1.53. The van der Waals surface area contributed by atoms with Gasteiger partial charge in [0.25, 0.3) is 5.91 Å². The van der Waals surface area contributed by atoms with Gasteiger partial charge in [0.15, 0.2) is 6.10 Å². The van der Waals surface area contributed by atoms with Crippen molar-refractivity contribution in [1.82, 2.24) is 9.88 Å². The molecule has 2 rings (SSSR count). The normalized spacial score (nSPS) is 20.3. The maximum Gasteiger partial charge on any atom is 0.334 e. The van der Waals surface area contributed by atoms with Crippen LogP contribution in [0.3, 0.4) is 0 Å². The van der Waals surface area contributed by atoms with E-state index < -0.39 is 12.1 Å². The molecule has 0 aromatic carbocycles. The Kier molecular flexibility index (Phi) is 3.35. The number of carbonyl (C=O) groups is 2. The van der Waals surface area contributed by atoms with Gasteiger partial charge in [-0.15, -0.1) is 0 Å². The molecule has 0 radical (unpaired) electrons. The molecule has 92 valence electrons. The first-order valence-electron chi connectivity index (χ1n) is 5.05. The highest BCUT2D eigenvalue weighted by Gasteiger charge is 2.29. The van der Waals surface area contributed by atoms with E-state index in [0.29, 0.717) is 17.3 Å². The summed E-state index contributed by atoms with van der Waals surface area (Å²) in [5.41, 5.74) is 0.348. The third kappa shape index (κ3) is 2.59. The molecule has 2 N–H and O–H groups in total. The number of carboxylic acid groups (broad SMARTS) is 1. The number of halogens is 1. The van der Waals surface area contributed by atoms with Crippen LogP contribution in [0.5, 0.6) is 0 Å². The molecule has 0 aliphatic carbocycles. The summed E-state index contributed by atoms with van der Waals surface area (Å²) in [5.74, 6) is -1.33. The number of aromatic amines is 1. The van der Waals surface area contributed by atoms with Crippen LogP contribution in [0, 0.1) is 0 Å². The molecule has 0 bridgehead atoms. The highest BCUT2D eigenvalue weighted by Crippen LogP contribution is 2.14. The minimum Gasteiger partial charge on any atom is -0.479 e. The Bertz CT molecular complexity index is 445. The number of morpholine rings is 1. The van der Waals surface area contributed by atoms with E-state index in [1.807, 2.05) is 0 Å². The first kappa shape index (κ1) is 11.9. The summed E-state index contributed by atoms with van der Waals surface area (Å²) in [5, 5.41) is 9.26. The van der Waals surface area contributed by atoms with E-state index in [4.69, 9.17) is 21.4 Å². The molecular weight excluding hydrogens is 248 g/mol. The van der Waals surface area contributed by atoms with Crippen molar-refractivity contribution >= 4 is 23.5 Å². The molecule has 1 aliphatic heterocycles. The molecule has 1 saturated heterocycles. The second-order valence-corrected chi connectivity index (χ2v) is 4.12. The number of carboxylic acids is 1. The molecular formula is C10H11ClN2O4. The maximum absolute atomic E-state index is 12.0. The van der Waals surface area contributed by atoms with Crippen LogP contribution in [0.25, 0.3) is 0 Å². The summed E-state index contributed by atoms with van der Waals surface area (Å²) >= 11 is 5.70. The van der Waals surface area contributed by atoms with E-state index in [9.17, 15) is 9.59 Å². The molecule has 1 atom stereocenters. The van der Waals surface area contributed by atoms with Crippen molar-refractivity contribution in [2.45, 2.75) is 6.10 Å². The number of aliphatic carboxylic acids is 1. The lowest BCUT2D eigenvalue weighted by Crippen LogP contribution is -2.48. The molecule has 1 aromatic heterocycles. The van der Waals surface area contributed by atoms with Gasteiger partial charge in [-0.1, -0.05) is 11.6 Å². The van der Waals surface area contributed by atoms with Gasteiger partial charge >= 0.3 is 5.97 Å². The average Bonchev–Trinajstić information content (AvgIpc) is 2.75. The number of nitrogens with one attached hydrogen (secondary N) is 1. The van der Waals surface area contributed by atoms with Crippen LogP contribution in [-0.2, 0) is 9.53 Å². The number of carbonyl (C=O) groups excluding carboxylic acids is 1. The predicted octanol–water partition coefficient (Wildman–Crippen LogP) is 0.594. The molecule has 1 fully saturated rings. The summed E-state index contributed by atoms with van der Waals surface area (Å²) in [7, 11) is 0. The zero-order valence-corrected chi connectivity index (χ0v) is 9.61. The summed E-state index contributed by atoms with van der Waals surface area (Å²) in [6.45, 7) is 0.640. The van der Waals surface area contributed by atoms with Crippen LogP contribution >= 0.6 is 11.6 Å². The SMILES string of the molecule is O=C(O)C1CN(C(=O)c2cc(Cl)c[nH]2)CCO1. The standard InChI is InChI=1S/C10H11ClN2O4/c11-6-3-7(12-4-6)9(14)13-1-2-17-8(5-13)10(15)16/h3-4,8,12H,1-2,5H2,(H,15,16). The summed E-state index contributed by atoms with van der Waals surface area (Å²) in [6, 6.07) is 1.51. The van der Waals surface area contributed by atoms with E-state index >= 15 is 0 Å². The predicted molar refractivity (Wildman–Crippen MR) is 59.1 cm³/mol. The largest absolute Gasteiger partial charge is 0.479 e. The van der Waals surface area contributed by atoms with Gasteiger partial charge < -0.3 is 19.7 Å². The molecule has 6 nitrogen and oxygen atoms in total. The number of hydrogen-bond acceptors (Lipinski definition) is 3. The molecule has 0 spiro atoms. The Balaban J connectivity index is 2.07. The van der Waals surface area contributed by atoms with Gasteiger partial charge in [-0.05, 0) is 6.07 Å². The zero-order chi connectivity index (χ0) is 12.4. The van der Waals surface area contributed by atoms with Crippen LogP contribution in [0.4, 0.5) is 0 Å². The van der Waals surface area contributed by atoms with Crippen LogP contribution < -0.4 is 0 Å². The van der Waals surface area contributed by atoms with Crippen molar-refractivity contribution in [2.24, 2.45) is 0 Å². The van der Waals surface area contributed by atoms with E-state index in [2.05, 4.69) is 4.98 Å². The molecule has 7 heteroatoms. The third-order valence-electron chi connectivity index (χ3n) is 2.51. The van der Waals surface area contributed by atoms with Crippen molar-refractivity contribution in [3.63, 3.8) is 0 Å². The van der Waals surface area contributed by atoms with Crippen molar-refractivity contribution in [3.8, 4) is 0 Å². The average molecular weight is 259 g/mol. The topological polar surface area (TPSA) is 82.6 Å². The number of ether oxygens (including phenoxy) is 1. The van der Waals surface area contributed by atoms with Gasteiger partial charge in [-0.3, -0.25) is 4.79 Å². The highest BCUT2D eigenvalue weighted by molar-refractivity contribution is 6.30. The second-order valence-electron chi connectivity index (χ2n) is 3.68. The van der Waals surface area contributed by atoms with Crippen LogP contribution in [-0.4, -0.2) is 52.7 Å². The van der Waals surface area contributed by atoms with Gasteiger partial charge in [-0.25, -0.2) is 4.79 Å². The van der Waals surface area contributed by atoms with Crippen LogP contribution in [0.15, 0.2) is 12.3 Å². The fourth-order valence-electron chi connectivity index (χ4n) is 1.64. The number of hydrogen-bond donors (Lipinski definition) is 2. The van der Waals surface area contributed by atoms with Crippen LogP contribution in [0.2, 0.25) is 5.02 Å². The molecule has 17 heavy (non-hydrogen) atoms. The minimum atomic E-state index is -1.06. The van der Waals surface area contributed by atoms with Gasteiger partial charge in [0.2, 0.25) is 0 Å². The highest BCUT2D eigenvalue weighted by atomic mass is 35.5. The Morgan fingerprint density at radius 2 is 2.35 bits per heavy atom. The number of rotatable bonds is 2. The maximum atomic E-state index is 12.0.